The highest BCUT2D eigenvalue weighted by Crippen LogP contribution is 2.33. The van der Waals surface area contributed by atoms with Crippen LogP contribution in [0.25, 0.3) is 11.1 Å². The minimum atomic E-state index is 0.740. The molecule has 0 spiro atoms. The summed E-state index contributed by atoms with van der Waals surface area (Å²) in [6.07, 6.45) is 5.28. The fourth-order valence-corrected chi connectivity index (χ4v) is 3.15. The smallest absolute Gasteiger partial charge is 0.123 e. The largest absolute Gasteiger partial charge is 0.493 e. The summed E-state index contributed by atoms with van der Waals surface area (Å²) in [5, 5.41) is 0. The average molecular weight is 331 g/mol. The van der Waals surface area contributed by atoms with E-state index in [1.165, 1.54) is 22.3 Å². The molecule has 0 bridgehead atoms. The molecule has 0 aliphatic heterocycles. The molecule has 0 aromatic heterocycles. The lowest BCUT2D eigenvalue weighted by Crippen LogP contribution is -2.02. The Hall–Kier alpha value is -1.47. The average Bonchev–Trinajstić information content (AvgIpc) is 2.61. The molecular weight excluding hydrogens is 304 g/mol. The van der Waals surface area contributed by atoms with Crippen molar-refractivity contribution in [3.63, 3.8) is 0 Å². The van der Waals surface area contributed by atoms with Crippen LogP contribution >= 0.6 is 11.6 Å². The van der Waals surface area contributed by atoms with E-state index in [0.717, 1.165) is 50.3 Å². The van der Waals surface area contributed by atoms with Gasteiger partial charge in [0.05, 0.1) is 6.61 Å². The van der Waals surface area contributed by atoms with Gasteiger partial charge in [0.1, 0.15) is 5.75 Å². The number of ether oxygens (including phenoxy) is 1. The standard InChI is InChI=1S/C21H27ClO/c1-3-17-11-6-7-12-19(17)20-13-10-14-21(18(20)4-2)23-16-9-5-8-15-22/h6-7,10-14H,3-5,8-9,15-16H2,1-2H3. The third kappa shape index (κ3) is 4.75. The Kier molecular flexibility index (Phi) is 7.48. The summed E-state index contributed by atoms with van der Waals surface area (Å²) in [5.74, 6) is 1.77. The fraction of sp³-hybridized carbons (Fsp3) is 0.429. The highest BCUT2D eigenvalue weighted by Gasteiger charge is 2.12. The van der Waals surface area contributed by atoms with Gasteiger partial charge in [-0.15, -0.1) is 11.6 Å². The zero-order valence-corrected chi connectivity index (χ0v) is 15.0. The Labute approximate surface area is 145 Å². The zero-order valence-electron chi connectivity index (χ0n) is 14.3. The van der Waals surface area contributed by atoms with Crippen molar-refractivity contribution in [2.45, 2.75) is 46.0 Å². The second-order valence-corrected chi connectivity index (χ2v) is 6.12. The van der Waals surface area contributed by atoms with Gasteiger partial charge >= 0.3 is 0 Å². The predicted octanol–water partition coefficient (Wildman–Crippen LogP) is 6.27. The first-order chi connectivity index (χ1) is 11.3. The first-order valence-corrected chi connectivity index (χ1v) is 9.24. The molecule has 0 aliphatic carbocycles. The monoisotopic (exact) mass is 330 g/mol. The number of halogens is 1. The van der Waals surface area contributed by atoms with Crippen LogP contribution in [0.1, 0.15) is 44.2 Å². The highest BCUT2D eigenvalue weighted by atomic mass is 35.5. The molecule has 0 unspecified atom stereocenters. The number of unbranched alkanes of at least 4 members (excludes halogenated alkanes) is 2. The van der Waals surface area contributed by atoms with Crippen molar-refractivity contribution in [2.24, 2.45) is 0 Å². The van der Waals surface area contributed by atoms with Crippen LogP contribution in [0.5, 0.6) is 5.75 Å². The van der Waals surface area contributed by atoms with E-state index in [1.54, 1.807) is 0 Å². The van der Waals surface area contributed by atoms with Crippen molar-refractivity contribution >= 4 is 11.6 Å². The van der Waals surface area contributed by atoms with Crippen LogP contribution in [0.3, 0.4) is 0 Å². The molecule has 0 amide bonds. The first kappa shape index (κ1) is 17.9. The molecule has 0 saturated carbocycles. The number of hydrogen-bond donors (Lipinski definition) is 0. The molecule has 0 atom stereocenters. The SMILES string of the molecule is CCc1ccccc1-c1cccc(OCCCCCCl)c1CC. The molecular formula is C21H27ClO. The third-order valence-electron chi connectivity index (χ3n) is 4.21. The fourth-order valence-electron chi connectivity index (χ4n) is 2.96. The molecule has 0 saturated heterocycles. The topological polar surface area (TPSA) is 9.23 Å². The van der Waals surface area contributed by atoms with Crippen LogP contribution in [-0.4, -0.2) is 12.5 Å². The van der Waals surface area contributed by atoms with Gasteiger partial charge in [-0.25, -0.2) is 0 Å². The lowest BCUT2D eigenvalue weighted by atomic mass is 9.93. The van der Waals surface area contributed by atoms with Crippen molar-refractivity contribution in [3.8, 4) is 16.9 Å². The summed E-state index contributed by atoms with van der Waals surface area (Å²) >= 11 is 5.72. The van der Waals surface area contributed by atoms with Gasteiger partial charge in [-0.3, -0.25) is 0 Å². The Morgan fingerprint density at radius 2 is 1.61 bits per heavy atom. The van der Waals surface area contributed by atoms with Gasteiger partial charge in [0.25, 0.3) is 0 Å². The van der Waals surface area contributed by atoms with Crippen molar-refractivity contribution in [1.82, 2.24) is 0 Å². The predicted molar refractivity (Wildman–Crippen MR) is 101 cm³/mol. The summed E-state index contributed by atoms with van der Waals surface area (Å²) in [7, 11) is 0. The number of aryl methyl sites for hydroxylation is 1. The van der Waals surface area contributed by atoms with Crippen LogP contribution in [-0.2, 0) is 12.8 Å². The minimum Gasteiger partial charge on any atom is -0.493 e. The van der Waals surface area contributed by atoms with Gasteiger partial charge in [0.2, 0.25) is 0 Å². The number of alkyl halides is 1. The van der Waals surface area contributed by atoms with E-state index in [9.17, 15) is 0 Å². The van der Waals surface area contributed by atoms with Crippen LogP contribution in [0.4, 0.5) is 0 Å². The van der Waals surface area contributed by atoms with Crippen molar-refractivity contribution in [2.75, 3.05) is 12.5 Å². The molecule has 0 radical (unpaired) electrons. The highest BCUT2D eigenvalue weighted by molar-refractivity contribution is 6.17. The van der Waals surface area contributed by atoms with Gasteiger partial charge < -0.3 is 4.74 Å². The van der Waals surface area contributed by atoms with Gasteiger partial charge in [-0.1, -0.05) is 50.2 Å². The van der Waals surface area contributed by atoms with E-state index in [0.29, 0.717) is 0 Å². The van der Waals surface area contributed by atoms with E-state index in [2.05, 4.69) is 56.3 Å². The molecule has 2 rings (SSSR count). The third-order valence-corrected chi connectivity index (χ3v) is 4.48. The van der Waals surface area contributed by atoms with Crippen molar-refractivity contribution < 1.29 is 4.74 Å². The van der Waals surface area contributed by atoms with Crippen LogP contribution < -0.4 is 4.74 Å². The van der Waals surface area contributed by atoms with Crippen molar-refractivity contribution in [3.05, 3.63) is 53.6 Å². The summed E-state index contributed by atoms with van der Waals surface area (Å²) in [4.78, 5) is 0. The second-order valence-electron chi connectivity index (χ2n) is 5.74. The summed E-state index contributed by atoms with van der Waals surface area (Å²) < 4.78 is 6.07. The molecule has 2 aromatic carbocycles. The van der Waals surface area contributed by atoms with E-state index >= 15 is 0 Å². The van der Waals surface area contributed by atoms with Crippen LogP contribution in [0.2, 0.25) is 0 Å². The van der Waals surface area contributed by atoms with E-state index in [1.807, 2.05) is 0 Å². The Bertz CT molecular complexity index is 607. The minimum absolute atomic E-state index is 0.740. The maximum atomic E-state index is 6.07. The molecule has 2 aromatic rings. The summed E-state index contributed by atoms with van der Waals surface area (Å²) in [6, 6.07) is 15.1. The van der Waals surface area contributed by atoms with E-state index in [4.69, 9.17) is 16.3 Å². The van der Waals surface area contributed by atoms with Gasteiger partial charge in [0, 0.05) is 11.4 Å². The first-order valence-electron chi connectivity index (χ1n) is 8.70. The van der Waals surface area contributed by atoms with Gasteiger partial charge in [-0.2, -0.15) is 0 Å². The summed E-state index contributed by atoms with van der Waals surface area (Å²) in [5.41, 5.74) is 5.34. The lowest BCUT2D eigenvalue weighted by molar-refractivity contribution is 0.304. The van der Waals surface area contributed by atoms with Gasteiger partial charge in [-0.05, 0) is 54.9 Å². The molecule has 0 heterocycles. The molecule has 1 nitrogen and oxygen atoms in total. The molecule has 23 heavy (non-hydrogen) atoms. The van der Waals surface area contributed by atoms with Crippen LogP contribution in [0.15, 0.2) is 42.5 Å². The maximum absolute atomic E-state index is 6.07. The second kappa shape index (κ2) is 9.62. The maximum Gasteiger partial charge on any atom is 0.123 e. The Balaban J connectivity index is 2.22. The van der Waals surface area contributed by atoms with E-state index < -0.39 is 0 Å². The van der Waals surface area contributed by atoms with Crippen molar-refractivity contribution in [1.29, 1.82) is 0 Å². The molecule has 0 fully saturated rings. The lowest BCUT2D eigenvalue weighted by Gasteiger charge is -2.16. The molecule has 0 aliphatic rings. The number of rotatable bonds is 9. The zero-order chi connectivity index (χ0) is 16.5. The van der Waals surface area contributed by atoms with Gasteiger partial charge in [0.15, 0.2) is 0 Å². The van der Waals surface area contributed by atoms with Crippen LogP contribution in [0, 0.1) is 0 Å². The normalized spacial score (nSPS) is 10.7. The molecule has 2 heteroatoms. The summed E-state index contributed by atoms with van der Waals surface area (Å²) in [6.45, 7) is 5.18. The molecule has 0 N–H and O–H groups in total. The molecule has 124 valence electrons. The Morgan fingerprint density at radius 3 is 2.35 bits per heavy atom. The number of benzene rings is 2. The quantitative estimate of drug-likeness (QED) is 0.389. The number of hydrogen-bond acceptors (Lipinski definition) is 1. The Morgan fingerprint density at radius 1 is 0.826 bits per heavy atom. The van der Waals surface area contributed by atoms with E-state index in [-0.39, 0.29) is 0 Å².